The van der Waals surface area contributed by atoms with E-state index < -0.39 is 10.0 Å². The number of rotatable bonds is 6. The Bertz CT molecular complexity index is 1040. The van der Waals surface area contributed by atoms with Gasteiger partial charge in [0.1, 0.15) is 5.75 Å². The van der Waals surface area contributed by atoms with Gasteiger partial charge in [0.05, 0.1) is 17.2 Å². The smallest absolute Gasteiger partial charge is 0.243 e. The molecular weight excluding hydrogens is 412 g/mol. The molecule has 1 N–H and O–H groups in total. The summed E-state index contributed by atoms with van der Waals surface area (Å²) in [5.41, 5.74) is 4.20. The van der Waals surface area contributed by atoms with Crippen molar-refractivity contribution in [1.82, 2.24) is 4.31 Å². The van der Waals surface area contributed by atoms with Crippen LogP contribution in [0.3, 0.4) is 0 Å². The normalized spacial score (nSPS) is 15.6. The van der Waals surface area contributed by atoms with Crippen molar-refractivity contribution in [3.63, 3.8) is 0 Å². The summed E-state index contributed by atoms with van der Waals surface area (Å²) >= 11 is 0. The van der Waals surface area contributed by atoms with E-state index in [0.29, 0.717) is 48.9 Å². The zero-order valence-corrected chi connectivity index (χ0v) is 19.8. The van der Waals surface area contributed by atoms with Crippen molar-refractivity contribution >= 4 is 21.6 Å². The number of sulfonamides is 1. The van der Waals surface area contributed by atoms with E-state index in [0.717, 1.165) is 22.3 Å². The first-order valence-electron chi connectivity index (χ1n) is 10.8. The van der Waals surface area contributed by atoms with Gasteiger partial charge < -0.3 is 10.1 Å². The van der Waals surface area contributed by atoms with Gasteiger partial charge in [-0.15, -0.1) is 0 Å². The number of aryl methyl sites for hydroxylation is 2. The van der Waals surface area contributed by atoms with Gasteiger partial charge in [0.15, 0.2) is 0 Å². The highest BCUT2D eigenvalue weighted by Gasteiger charge is 2.34. The van der Waals surface area contributed by atoms with E-state index in [1.807, 2.05) is 65.0 Å². The Balaban J connectivity index is 1.72. The first kappa shape index (κ1) is 23.3. The van der Waals surface area contributed by atoms with Crippen LogP contribution in [-0.2, 0) is 14.8 Å². The van der Waals surface area contributed by atoms with Crippen molar-refractivity contribution in [3.05, 3.63) is 52.6 Å². The molecule has 1 heterocycles. The average molecular weight is 445 g/mol. The fourth-order valence-electron chi connectivity index (χ4n) is 4.14. The van der Waals surface area contributed by atoms with Gasteiger partial charge in [-0.1, -0.05) is 18.2 Å². The largest absolute Gasteiger partial charge is 0.492 e. The molecule has 0 spiro atoms. The molecule has 0 aromatic heterocycles. The number of nitrogens with one attached hydrogen (secondary N) is 1. The third kappa shape index (κ3) is 4.77. The maximum absolute atomic E-state index is 13.4. The van der Waals surface area contributed by atoms with E-state index in [2.05, 4.69) is 5.32 Å². The second-order valence-electron chi connectivity index (χ2n) is 8.19. The zero-order valence-electron chi connectivity index (χ0n) is 19.0. The molecule has 0 unspecified atom stereocenters. The molecule has 1 saturated heterocycles. The molecule has 0 saturated carbocycles. The summed E-state index contributed by atoms with van der Waals surface area (Å²) in [6.45, 7) is 10.7. The number of amides is 1. The summed E-state index contributed by atoms with van der Waals surface area (Å²) in [6.07, 6.45) is 0.982. The van der Waals surface area contributed by atoms with Crippen LogP contribution in [0.2, 0.25) is 0 Å². The Morgan fingerprint density at radius 2 is 1.65 bits per heavy atom. The molecule has 0 atom stereocenters. The van der Waals surface area contributed by atoms with Gasteiger partial charge in [0.25, 0.3) is 0 Å². The zero-order chi connectivity index (χ0) is 22.8. The first-order chi connectivity index (χ1) is 14.7. The van der Waals surface area contributed by atoms with Gasteiger partial charge >= 0.3 is 0 Å². The molecule has 168 valence electrons. The van der Waals surface area contributed by atoms with Crippen LogP contribution in [0, 0.1) is 33.6 Å². The lowest BCUT2D eigenvalue weighted by Gasteiger charge is -2.32. The first-order valence-corrected chi connectivity index (χ1v) is 12.2. The molecule has 2 aromatic carbocycles. The van der Waals surface area contributed by atoms with E-state index >= 15 is 0 Å². The second kappa shape index (κ2) is 9.40. The monoisotopic (exact) mass is 444 g/mol. The Hall–Kier alpha value is -2.38. The predicted octanol–water partition coefficient (Wildman–Crippen LogP) is 4.36. The van der Waals surface area contributed by atoms with E-state index in [1.165, 1.54) is 4.31 Å². The average Bonchev–Trinajstić information content (AvgIpc) is 2.74. The Labute approximate surface area is 185 Å². The van der Waals surface area contributed by atoms with E-state index in [1.54, 1.807) is 0 Å². The second-order valence-corrected chi connectivity index (χ2v) is 10.1. The number of anilines is 1. The van der Waals surface area contributed by atoms with Gasteiger partial charge in [0.2, 0.25) is 15.9 Å². The summed E-state index contributed by atoms with van der Waals surface area (Å²) in [4.78, 5) is 13.2. The van der Waals surface area contributed by atoms with Crippen LogP contribution in [0.25, 0.3) is 0 Å². The molecule has 0 bridgehead atoms. The Kier molecular flexibility index (Phi) is 7.06. The summed E-state index contributed by atoms with van der Waals surface area (Å²) in [7, 11) is -3.61. The summed E-state index contributed by atoms with van der Waals surface area (Å²) < 4.78 is 34.0. The number of piperidine rings is 1. The Morgan fingerprint density at radius 1 is 1.06 bits per heavy atom. The molecule has 1 aliphatic rings. The molecule has 7 heteroatoms. The van der Waals surface area contributed by atoms with Crippen LogP contribution in [-0.4, -0.2) is 38.3 Å². The fraction of sp³-hybridized carbons (Fsp3) is 0.458. The highest BCUT2D eigenvalue weighted by molar-refractivity contribution is 7.89. The van der Waals surface area contributed by atoms with Crippen LogP contribution < -0.4 is 10.1 Å². The number of hydrogen-bond acceptors (Lipinski definition) is 4. The van der Waals surface area contributed by atoms with Crippen molar-refractivity contribution in [2.45, 2.75) is 52.4 Å². The highest BCUT2D eigenvalue weighted by Crippen LogP contribution is 2.32. The molecule has 1 amide bonds. The number of carbonyl (C=O) groups excluding carboxylic acids is 1. The molecule has 31 heavy (non-hydrogen) atoms. The molecular formula is C24H32N2O4S. The quantitative estimate of drug-likeness (QED) is 0.718. The number of hydrogen-bond donors (Lipinski definition) is 1. The Morgan fingerprint density at radius 3 is 2.23 bits per heavy atom. The standard InChI is InChI=1S/C24H32N2O4S/c1-6-30-22-10-8-7-9-21(22)25-24(27)20-11-13-26(14-12-20)31(28,29)23-18(4)16(2)15-17(3)19(23)5/h7-10,15,20H,6,11-14H2,1-5H3,(H,25,27). The van der Waals surface area contributed by atoms with E-state index in [9.17, 15) is 13.2 Å². The van der Waals surface area contributed by atoms with Gasteiger partial charge in [-0.3, -0.25) is 4.79 Å². The van der Waals surface area contributed by atoms with E-state index in [4.69, 9.17) is 4.74 Å². The van der Waals surface area contributed by atoms with Crippen LogP contribution in [0.1, 0.15) is 42.0 Å². The van der Waals surface area contributed by atoms with Crippen LogP contribution in [0.4, 0.5) is 5.69 Å². The van der Waals surface area contributed by atoms with Gasteiger partial charge in [-0.25, -0.2) is 8.42 Å². The van der Waals surface area contributed by atoms with Crippen molar-refractivity contribution in [2.24, 2.45) is 5.92 Å². The van der Waals surface area contributed by atoms with Crippen molar-refractivity contribution < 1.29 is 17.9 Å². The maximum Gasteiger partial charge on any atom is 0.243 e. The summed E-state index contributed by atoms with van der Waals surface area (Å²) in [6, 6.07) is 9.38. The third-order valence-electron chi connectivity index (χ3n) is 6.16. The van der Waals surface area contributed by atoms with Gasteiger partial charge in [-0.2, -0.15) is 4.31 Å². The molecule has 3 rings (SSSR count). The lowest BCUT2D eigenvalue weighted by molar-refractivity contribution is -0.120. The minimum absolute atomic E-state index is 0.0945. The molecule has 0 radical (unpaired) electrons. The van der Waals surface area contributed by atoms with E-state index in [-0.39, 0.29) is 11.8 Å². The number of para-hydroxylation sites is 2. The minimum Gasteiger partial charge on any atom is -0.492 e. The van der Waals surface area contributed by atoms with Gasteiger partial charge in [0, 0.05) is 19.0 Å². The van der Waals surface area contributed by atoms with Gasteiger partial charge in [-0.05, 0) is 81.8 Å². The number of benzene rings is 2. The minimum atomic E-state index is -3.61. The molecule has 1 fully saturated rings. The van der Waals surface area contributed by atoms with Crippen LogP contribution in [0.5, 0.6) is 5.75 Å². The maximum atomic E-state index is 13.4. The number of carbonyl (C=O) groups is 1. The van der Waals surface area contributed by atoms with Crippen LogP contribution in [0.15, 0.2) is 35.2 Å². The van der Waals surface area contributed by atoms with Crippen molar-refractivity contribution in [3.8, 4) is 5.75 Å². The predicted molar refractivity (Wildman–Crippen MR) is 123 cm³/mol. The topological polar surface area (TPSA) is 75.7 Å². The SMILES string of the molecule is CCOc1ccccc1NC(=O)C1CCN(S(=O)(=O)c2c(C)c(C)cc(C)c2C)CC1. The summed E-state index contributed by atoms with van der Waals surface area (Å²) in [5, 5.41) is 2.95. The molecule has 1 aliphatic heterocycles. The van der Waals surface area contributed by atoms with Crippen molar-refractivity contribution in [1.29, 1.82) is 0 Å². The number of nitrogens with zero attached hydrogens (tertiary/aromatic N) is 1. The van der Waals surface area contributed by atoms with Crippen LogP contribution >= 0.6 is 0 Å². The lowest BCUT2D eigenvalue weighted by Crippen LogP contribution is -2.42. The highest BCUT2D eigenvalue weighted by atomic mass is 32.2. The summed E-state index contributed by atoms with van der Waals surface area (Å²) in [5.74, 6) is 0.310. The molecule has 2 aromatic rings. The molecule has 0 aliphatic carbocycles. The van der Waals surface area contributed by atoms with Crippen molar-refractivity contribution in [2.75, 3.05) is 25.0 Å². The fourth-order valence-corrected chi connectivity index (χ4v) is 6.19. The number of ether oxygens (including phenoxy) is 1. The molecule has 6 nitrogen and oxygen atoms in total. The lowest BCUT2D eigenvalue weighted by atomic mass is 9.97. The third-order valence-corrected chi connectivity index (χ3v) is 8.34.